The lowest BCUT2D eigenvalue weighted by Gasteiger charge is -2.15. The van der Waals surface area contributed by atoms with Crippen LogP contribution >= 0.6 is 23.2 Å². The zero-order chi connectivity index (χ0) is 6.04. The number of alkyl halides is 2. The van der Waals surface area contributed by atoms with Crippen LogP contribution in [0.4, 0.5) is 0 Å². The Morgan fingerprint density at radius 1 is 1.25 bits per heavy atom. The molecule has 1 rings (SSSR count). The van der Waals surface area contributed by atoms with Crippen molar-refractivity contribution in [3.8, 4) is 0 Å². The monoisotopic (exact) mass is 150 g/mol. The number of hydrogen-bond acceptors (Lipinski definition) is 1. The van der Waals surface area contributed by atoms with Crippen molar-refractivity contribution >= 4 is 23.2 Å². The first-order chi connectivity index (χ1) is 3.71. The van der Waals surface area contributed by atoms with Gasteiger partial charge in [-0.3, -0.25) is 0 Å². The van der Waals surface area contributed by atoms with Gasteiger partial charge >= 0.3 is 0 Å². The Labute approximate surface area is 57.5 Å². The molecule has 0 aromatic rings. The third-order valence-corrected chi connectivity index (χ3v) is 1.14. The van der Waals surface area contributed by atoms with E-state index in [4.69, 9.17) is 27.9 Å². The van der Waals surface area contributed by atoms with Crippen molar-refractivity contribution in [2.45, 2.75) is 4.52 Å². The van der Waals surface area contributed by atoms with Crippen LogP contribution in [0.15, 0.2) is 24.5 Å². The Morgan fingerprint density at radius 2 is 2.00 bits per heavy atom. The largest absolute Gasteiger partial charge is 0.462 e. The molecule has 0 N–H and O–H groups in total. The highest BCUT2D eigenvalue weighted by Crippen LogP contribution is 2.26. The van der Waals surface area contributed by atoms with Crippen LogP contribution in [-0.2, 0) is 4.74 Å². The first kappa shape index (κ1) is 5.99. The zero-order valence-corrected chi connectivity index (χ0v) is 5.49. The molecule has 8 heavy (non-hydrogen) atoms. The van der Waals surface area contributed by atoms with Gasteiger partial charge in [-0.25, -0.2) is 0 Å². The first-order valence-corrected chi connectivity index (χ1v) is 2.86. The summed E-state index contributed by atoms with van der Waals surface area (Å²) in [5, 5.41) is 0. The SMILES string of the molecule is ClC1(Cl)C=CC=CO1. The summed E-state index contributed by atoms with van der Waals surface area (Å²) in [4.78, 5) is 0. The van der Waals surface area contributed by atoms with Gasteiger partial charge in [0.15, 0.2) is 0 Å². The molecule has 44 valence electrons. The quantitative estimate of drug-likeness (QED) is 0.482. The minimum atomic E-state index is -1.14. The molecule has 0 radical (unpaired) electrons. The summed E-state index contributed by atoms with van der Waals surface area (Å²) in [6, 6.07) is 0. The molecule has 0 atom stereocenters. The van der Waals surface area contributed by atoms with Gasteiger partial charge in [-0.15, -0.1) is 0 Å². The molecule has 1 nitrogen and oxygen atoms in total. The lowest BCUT2D eigenvalue weighted by Crippen LogP contribution is -2.11. The molecule has 0 spiro atoms. The van der Waals surface area contributed by atoms with Crippen molar-refractivity contribution in [2.24, 2.45) is 0 Å². The van der Waals surface area contributed by atoms with E-state index in [-0.39, 0.29) is 0 Å². The van der Waals surface area contributed by atoms with E-state index in [2.05, 4.69) is 0 Å². The Hall–Kier alpha value is -0.140. The van der Waals surface area contributed by atoms with Crippen molar-refractivity contribution in [1.82, 2.24) is 0 Å². The molecular weight excluding hydrogens is 147 g/mol. The van der Waals surface area contributed by atoms with Gasteiger partial charge in [-0.1, -0.05) is 29.3 Å². The smallest absolute Gasteiger partial charge is 0.277 e. The molecule has 0 aromatic heterocycles. The Bertz CT molecular complexity index is 137. The van der Waals surface area contributed by atoms with Gasteiger partial charge in [0.25, 0.3) is 4.52 Å². The molecule has 0 bridgehead atoms. The van der Waals surface area contributed by atoms with Crippen molar-refractivity contribution in [3.05, 3.63) is 24.5 Å². The molecule has 1 aliphatic heterocycles. The predicted molar refractivity (Wildman–Crippen MR) is 33.8 cm³/mol. The van der Waals surface area contributed by atoms with E-state index in [1.807, 2.05) is 0 Å². The third-order valence-electron chi connectivity index (χ3n) is 0.705. The number of ether oxygens (including phenoxy) is 1. The van der Waals surface area contributed by atoms with Gasteiger partial charge in [0.1, 0.15) is 0 Å². The number of allylic oxidation sites excluding steroid dienone is 2. The summed E-state index contributed by atoms with van der Waals surface area (Å²) >= 11 is 11.0. The van der Waals surface area contributed by atoms with E-state index in [0.29, 0.717) is 0 Å². The van der Waals surface area contributed by atoms with E-state index < -0.39 is 4.52 Å². The number of hydrogen-bond donors (Lipinski definition) is 0. The third kappa shape index (κ3) is 1.42. The second-order valence-electron chi connectivity index (χ2n) is 1.37. The minimum Gasteiger partial charge on any atom is -0.462 e. The van der Waals surface area contributed by atoms with Crippen LogP contribution in [0, 0.1) is 0 Å². The van der Waals surface area contributed by atoms with E-state index >= 15 is 0 Å². The maximum Gasteiger partial charge on any atom is 0.277 e. The van der Waals surface area contributed by atoms with Gasteiger partial charge in [-0.2, -0.15) is 0 Å². The van der Waals surface area contributed by atoms with Gasteiger partial charge < -0.3 is 4.74 Å². The van der Waals surface area contributed by atoms with E-state index in [1.165, 1.54) is 6.26 Å². The van der Waals surface area contributed by atoms with Crippen molar-refractivity contribution in [2.75, 3.05) is 0 Å². The summed E-state index contributed by atoms with van der Waals surface area (Å²) in [5.41, 5.74) is 0. The normalized spacial score (nSPS) is 22.8. The van der Waals surface area contributed by atoms with Crippen molar-refractivity contribution < 1.29 is 4.74 Å². The molecule has 0 unspecified atom stereocenters. The molecule has 0 aromatic carbocycles. The second kappa shape index (κ2) is 2.00. The van der Waals surface area contributed by atoms with Crippen LogP contribution in [0.1, 0.15) is 0 Å². The summed E-state index contributed by atoms with van der Waals surface area (Å²) < 4.78 is 3.58. The highest BCUT2D eigenvalue weighted by molar-refractivity contribution is 6.48. The lowest BCUT2D eigenvalue weighted by atomic mass is 10.4. The van der Waals surface area contributed by atoms with Gasteiger partial charge in [-0.05, 0) is 12.2 Å². The maximum absolute atomic E-state index is 5.48. The maximum atomic E-state index is 5.48. The molecule has 0 saturated heterocycles. The summed E-state index contributed by atoms with van der Waals surface area (Å²) in [6.07, 6.45) is 6.43. The van der Waals surface area contributed by atoms with Crippen LogP contribution < -0.4 is 0 Å². The first-order valence-electron chi connectivity index (χ1n) is 2.11. The molecule has 0 amide bonds. The van der Waals surface area contributed by atoms with Gasteiger partial charge in [0.2, 0.25) is 0 Å². The average Bonchev–Trinajstić information content (AvgIpc) is 1.65. The highest BCUT2D eigenvalue weighted by atomic mass is 35.5. The Kier molecular flexibility index (Phi) is 1.49. The van der Waals surface area contributed by atoms with E-state index in [1.54, 1.807) is 18.2 Å². The van der Waals surface area contributed by atoms with E-state index in [9.17, 15) is 0 Å². The molecule has 0 saturated carbocycles. The Balaban J connectivity index is 2.65. The van der Waals surface area contributed by atoms with Crippen LogP contribution in [-0.4, -0.2) is 4.52 Å². The van der Waals surface area contributed by atoms with Crippen molar-refractivity contribution in [1.29, 1.82) is 0 Å². The highest BCUT2D eigenvalue weighted by Gasteiger charge is 2.20. The molecule has 3 heteroatoms. The van der Waals surface area contributed by atoms with Gasteiger partial charge in [0.05, 0.1) is 6.26 Å². The second-order valence-corrected chi connectivity index (χ2v) is 2.68. The number of rotatable bonds is 0. The molecular formula is C5H4Cl2O. The summed E-state index contributed by atoms with van der Waals surface area (Å²) in [6.45, 7) is 0. The van der Waals surface area contributed by atoms with Crippen LogP contribution in [0.3, 0.4) is 0 Å². The van der Waals surface area contributed by atoms with Crippen LogP contribution in [0.5, 0.6) is 0 Å². The average molecular weight is 151 g/mol. The fourth-order valence-corrected chi connectivity index (χ4v) is 0.631. The van der Waals surface area contributed by atoms with Gasteiger partial charge in [0, 0.05) is 0 Å². The molecule has 0 aliphatic carbocycles. The molecule has 0 fully saturated rings. The van der Waals surface area contributed by atoms with E-state index in [0.717, 1.165) is 0 Å². The number of halogens is 2. The van der Waals surface area contributed by atoms with Crippen LogP contribution in [0.2, 0.25) is 0 Å². The molecule has 1 heterocycles. The fraction of sp³-hybridized carbons (Fsp3) is 0.200. The standard InChI is InChI=1S/C5H4Cl2O/c6-5(7)3-1-2-4-8-5/h1-4H. The van der Waals surface area contributed by atoms with Crippen LogP contribution in [0.25, 0.3) is 0 Å². The fourth-order valence-electron chi connectivity index (χ4n) is 0.382. The zero-order valence-electron chi connectivity index (χ0n) is 3.97. The summed E-state index contributed by atoms with van der Waals surface area (Å²) in [7, 11) is 0. The summed E-state index contributed by atoms with van der Waals surface area (Å²) in [5.74, 6) is 0. The topological polar surface area (TPSA) is 9.23 Å². The molecule has 1 aliphatic rings. The minimum absolute atomic E-state index is 1.14. The Morgan fingerprint density at radius 3 is 2.25 bits per heavy atom. The lowest BCUT2D eigenvalue weighted by molar-refractivity contribution is 0.217. The van der Waals surface area contributed by atoms with Crippen molar-refractivity contribution in [3.63, 3.8) is 0 Å². The predicted octanol–water partition coefficient (Wildman–Crippen LogP) is 2.22.